The molecule has 0 spiro atoms. The number of nitrogens with one attached hydrogen (secondary N) is 1. The zero-order valence-corrected chi connectivity index (χ0v) is 11.2. The van der Waals surface area contributed by atoms with Crippen LogP contribution in [0.15, 0.2) is 16.8 Å². The Bertz CT molecular complexity index is 262. The molecule has 0 unspecified atom stereocenters. The lowest BCUT2D eigenvalue weighted by atomic mass is 9.86. The fraction of sp³-hybridized carbons (Fsp3) is 0.692. The van der Waals surface area contributed by atoms with Gasteiger partial charge in [-0.05, 0) is 40.6 Å². The molecule has 0 saturated heterocycles. The summed E-state index contributed by atoms with van der Waals surface area (Å²) in [4.78, 5) is 0. The van der Waals surface area contributed by atoms with Crippen LogP contribution in [0.2, 0.25) is 0 Å². The summed E-state index contributed by atoms with van der Waals surface area (Å²) in [5.41, 5.74) is 1.88. The van der Waals surface area contributed by atoms with E-state index in [1.54, 1.807) is 11.3 Å². The van der Waals surface area contributed by atoms with Crippen molar-refractivity contribution in [1.29, 1.82) is 0 Å². The fourth-order valence-corrected chi connectivity index (χ4v) is 2.19. The molecule has 1 N–H and O–H groups in total. The Hall–Kier alpha value is -0.340. The summed E-state index contributed by atoms with van der Waals surface area (Å²) in [5, 5.41) is 7.94. The lowest BCUT2D eigenvalue weighted by molar-refractivity contribution is 0.304. The van der Waals surface area contributed by atoms with Gasteiger partial charge in [-0.25, -0.2) is 0 Å². The summed E-state index contributed by atoms with van der Waals surface area (Å²) < 4.78 is 0. The first kappa shape index (κ1) is 12.7. The number of rotatable bonds is 6. The van der Waals surface area contributed by atoms with E-state index < -0.39 is 0 Å². The maximum atomic E-state index is 3.52. The van der Waals surface area contributed by atoms with Crippen molar-refractivity contribution in [3.05, 3.63) is 22.4 Å². The van der Waals surface area contributed by atoms with Crippen molar-refractivity contribution in [2.24, 2.45) is 5.41 Å². The Morgan fingerprint density at radius 2 is 2.13 bits per heavy atom. The molecule has 0 aromatic carbocycles. The Morgan fingerprint density at radius 3 is 2.67 bits per heavy atom. The monoisotopic (exact) mass is 225 g/mol. The van der Waals surface area contributed by atoms with Crippen LogP contribution in [-0.2, 0) is 6.42 Å². The van der Waals surface area contributed by atoms with Gasteiger partial charge in [0, 0.05) is 12.6 Å². The van der Waals surface area contributed by atoms with E-state index in [9.17, 15) is 0 Å². The zero-order valence-electron chi connectivity index (χ0n) is 10.3. The molecule has 0 fully saturated rings. The molecule has 15 heavy (non-hydrogen) atoms. The molecular weight excluding hydrogens is 202 g/mol. The second-order valence-electron chi connectivity index (χ2n) is 5.33. The third kappa shape index (κ3) is 5.33. The van der Waals surface area contributed by atoms with Gasteiger partial charge in [0.25, 0.3) is 0 Å². The van der Waals surface area contributed by atoms with Gasteiger partial charge in [-0.15, -0.1) is 0 Å². The fourth-order valence-electron chi connectivity index (χ4n) is 1.49. The topological polar surface area (TPSA) is 12.0 Å². The largest absolute Gasteiger partial charge is 0.314 e. The first-order valence-corrected chi connectivity index (χ1v) is 6.68. The molecule has 1 heterocycles. The minimum Gasteiger partial charge on any atom is -0.314 e. The second kappa shape index (κ2) is 5.66. The van der Waals surface area contributed by atoms with Gasteiger partial charge in [0.1, 0.15) is 0 Å². The van der Waals surface area contributed by atoms with E-state index in [0.717, 1.165) is 6.54 Å². The van der Waals surface area contributed by atoms with E-state index >= 15 is 0 Å². The van der Waals surface area contributed by atoms with Crippen LogP contribution in [-0.4, -0.2) is 12.6 Å². The summed E-state index contributed by atoms with van der Waals surface area (Å²) >= 11 is 1.79. The van der Waals surface area contributed by atoms with Gasteiger partial charge >= 0.3 is 0 Å². The van der Waals surface area contributed by atoms with Crippen LogP contribution in [0.25, 0.3) is 0 Å². The minimum atomic E-state index is 0.395. The van der Waals surface area contributed by atoms with E-state index in [4.69, 9.17) is 0 Å². The van der Waals surface area contributed by atoms with E-state index in [1.807, 2.05) is 0 Å². The summed E-state index contributed by atoms with van der Waals surface area (Å²) in [6, 6.07) is 2.82. The van der Waals surface area contributed by atoms with E-state index in [1.165, 1.54) is 18.4 Å². The highest BCUT2D eigenvalue weighted by Crippen LogP contribution is 2.22. The minimum absolute atomic E-state index is 0.395. The molecule has 0 amide bonds. The van der Waals surface area contributed by atoms with Crippen molar-refractivity contribution in [3.8, 4) is 0 Å². The molecule has 0 aliphatic carbocycles. The highest BCUT2D eigenvalue weighted by Gasteiger charge is 2.17. The number of hydrogen-bond acceptors (Lipinski definition) is 2. The third-order valence-electron chi connectivity index (χ3n) is 2.66. The molecular formula is C13H23NS. The van der Waals surface area contributed by atoms with Crippen LogP contribution in [0.3, 0.4) is 0 Å². The molecule has 1 rings (SSSR count). The average molecular weight is 225 g/mol. The number of thiophene rings is 1. The molecule has 1 nitrogen and oxygen atoms in total. The average Bonchev–Trinajstić information content (AvgIpc) is 2.65. The maximum absolute atomic E-state index is 3.52. The molecule has 86 valence electrons. The van der Waals surface area contributed by atoms with Crippen molar-refractivity contribution in [3.63, 3.8) is 0 Å². The van der Waals surface area contributed by atoms with Gasteiger partial charge in [-0.3, -0.25) is 0 Å². The van der Waals surface area contributed by atoms with Gasteiger partial charge in [-0.2, -0.15) is 11.3 Å². The van der Waals surface area contributed by atoms with Gasteiger partial charge in [0.2, 0.25) is 0 Å². The molecule has 1 aromatic heterocycles. The summed E-state index contributed by atoms with van der Waals surface area (Å²) in [6.45, 7) is 10.2. The summed E-state index contributed by atoms with van der Waals surface area (Å²) in [5.74, 6) is 0. The quantitative estimate of drug-likeness (QED) is 0.778. The smallest absolute Gasteiger partial charge is 0.00106 e. The van der Waals surface area contributed by atoms with Gasteiger partial charge in [0.15, 0.2) is 0 Å². The third-order valence-corrected chi connectivity index (χ3v) is 3.39. The number of hydrogen-bond donors (Lipinski definition) is 1. The predicted octanol–water partition coefficient (Wildman–Crippen LogP) is 3.70. The highest BCUT2D eigenvalue weighted by molar-refractivity contribution is 7.07. The van der Waals surface area contributed by atoms with Crippen LogP contribution >= 0.6 is 11.3 Å². The zero-order chi connectivity index (χ0) is 11.3. The van der Waals surface area contributed by atoms with Crippen LogP contribution in [0, 0.1) is 5.41 Å². The predicted molar refractivity (Wildman–Crippen MR) is 69.6 cm³/mol. The highest BCUT2D eigenvalue weighted by atomic mass is 32.1. The van der Waals surface area contributed by atoms with E-state index in [-0.39, 0.29) is 0 Å². The molecule has 0 bridgehead atoms. The molecule has 1 aromatic rings. The van der Waals surface area contributed by atoms with E-state index in [2.05, 4.69) is 49.8 Å². The van der Waals surface area contributed by atoms with Crippen LogP contribution in [0.4, 0.5) is 0 Å². The summed E-state index contributed by atoms with van der Waals surface area (Å²) in [7, 11) is 0. The van der Waals surface area contributed by atoms with Crippen molar-refractivity contribution >= 4 is 11.3 Å². The van der Waals surface area contributed by atoms with Crippen molar-refractivity contribution in [2.45, 2.75) is 46.6 Å². The molecule has 0 aliphatic rings. The SMILES string of the molecule is CC(C)NCC(C)(C)CCc1ccsc1. The Balaban J connectivity index is 2.29. The molecule has 2 heteroatoms. The first-order valence-electron chi connectivity index (χ1n) is 5.74. The maximum Gasteiger partial charge on any atom is 0.00106 e. The molecule has 0 radical (unpaired) electrons. The number of aryl methyl sites for hydroxylation is 1. The standard InChI is InChI=1S/C13H23NS/c1-11(2)14-10-13(3,4)7-5-12-6-8-15-9-12/h6,8-9,11,14H,5,7,10H2,1-4H3. The van der Waals surface area contributed by atoms with Crippen molar-refractivity contribution < 1.29 is 0 Å². The molecule has 0 atom stereocenters. The second-order valence-corrected chi connectivity index (χ2v) is 6.11. The normalized spacial score (nSPS) is 12.3. The Labute approximate surface area is 97.9 Å². The van der Waals surface area contributed by atoms with Crippen LogP contribution in [0.1, 0.15) is 39.7 Å². The lowest BCUT2D eigenvalue weighted by Gasteiger charge is -2.26. The van der Waals surface area contributed by atoms with Gasteiger partial charge in [-0.1, -0.05) is 27.7 Å². The summed E-state index contributed by atoms with van der Waals surface area (Å²) in [6.07, 6.45) is 2.46. The van der Waals surface area contributed by atoms with E-state index in [0.29, 0.717) is 11.5 Å². The van der Waals surface area contributed by atoms with Gasteiger partial charge in [0.05, 0.1) is 0 Å². The van der Waals surface area contributed by atoms with Crippen molar-refractivity contribution in [2.75, 3.05) is 6.54 Å². The lowest BCUT2D eigenvalue weighted by Crippen LogP contribution is -2.34. The Kier molecular flexibility index (Phi) is 4.81. The Morgan fingerprint density at radius 1 is 1.40 bits per heavy atom. The van der Waals surface area contributed by atoms with Crippen LogP contribution in [0.5, 0.6) is 0 Å². The van der Waals surface area contributed by atoms with Gasteiger partial charge < -0.3 is 5.32 Å². The van der Waals surface area contributed by atoms with Crippen LogP contribution < -0.4 is 5.32 Å². The molecule has 0 saturated carbocycles. The van der Waals surface area contributed by atoms with Crippen molar-refractivity contribution in [1.82, 2.24) is 5.32 Å². The first-order chi connectivity index (χ1) is 6.99. The molecule has 0 aliphatic heterocycles.